The van der Waals surface area contributed by atoms with Crippen LogP contribution in [0.25, 0.3) is 0 Å². The van der Waals surface area contributed by atoms with E-state index in [2.05, 4.69) is 0 Å². The molecule has 1 aliphatic carbocycles. The fourth-order valence-corrected chi connectivity index (χ4v) is 2.64. The molecule has 1 fully saturated rings. The number of aliphatic carboxylic acids is 1. The van der Waals surface area contributed by atoms with Crippen molar-refractivity contribution in [1.29, 1.82) is 0 Å². The third-order valence-electron chi connectivity index (χ3n) is 3.63. The second-order valence-electron chi connectivity index (χ2n) is 5.20. The maximum Gasteiger partial charge on any atom is 0.331 e. The Kier molecular flexibility index (Phi) is 3.60. The molecule has 0 heterocycles. The second kappa shape index (κ2) is 5.03. The number of nitrogens with zero attached hydrogens (tertiary/aromatic N) is 1. The highest BCUT2D eigenvalue weighted by atomic mass is 16.4. The quantitative estimate of drug-likeness (QED) is 0.905. The van der Waals surface area contributed by atoms with Crippen LogP contribution in [0, 0.1) is 13.8 Å². The molecule has 19 heavy (non-hydrogen) atoms. The number of benzene rings is 1. The van der Waals surface area contributed by atoms with E-state index in [1.807, 2.05) is 32.0 Å². The maximum absolute atomic E-state index is 11.8. The van der Waals surface area contributed by atoms with Crippen LogP contribution < -0.4 is 0 Å². The SMILES string of the molecule is CC(=O)N(C1CC1)C(C(=O)O)c1c(C)cccc1C. The van der Waals surface area contributed by atoms with E-state index in [1.54, 1.807) is 0 Å². The van der Waals surface area contributed by atoms with Crippen LogP contribution in [0.3, 0.4) is 0 Å². The molecule has 1 aromatic carbocycles. The van der Waals surface area contributed by atoms with Crippen LogP contribution in [-0.4, -0.2) is 27.9 Å². The van der Waals surface area contributed by atoms with Gasteiger partial charge in [-0.15, -0.1) is 0 Å². The third kappa shape index (κ3) is 2.62. The molecular weight excluding hydrogens is 242 g/mol. The van der Waals surface area contributed by atoms with Gasteiger partial charge in [-0.3, -0.25) is 4.79 Å². The Bertz CT molecular complexity index is 500. The van der Waals surface area contributed by atoms with Crippen LogP contribution >= 0.6 is 0 Å². The van der Waals surface area contributed by atoms with E-state index in [-0.39, 0.29) is 11.9 Å². The number of rotatable bonds is 4. The highest BCUT2D eigenvalue weighted by Gasteiger charge is 2.40. The van der Waals surface area contributed by atoms with E-state index >= 15 is 0 Å². The number of aryl methyl sites for hydroxylation is 2. The molecule has 1 unspecified atom stereocenters. The highest BCUT2D eigenvalue weighted by Crippen LogP contribution is 2.36. The van der Waals surface area contributed by atoms with Gasteiger partial charge in [0.1, 0.15) is 0 Å². The molecule has 4 heteroatoms. The molecule has 1 aliphatic rings. The Balaban J connectivity index is 2.50. The molecule has 4 nitrogen and oxygen atoms in total. The van der Waals surface area contributed by atoms with Crippen LogP contribution in [0.15, 0.2) is 18.2 Å². The topological polar surface area (TPSA) is 57.6 Å². The van der Waals surface area contributed by atoms with Crippen molar-refractivity contribution >= 4 is 11.9 Å². The van der Waals surface area contributed by atoms with Crippen molar-refractivity contribution in [2.75, 3.05) is 0 Å². The summed E-state index contributed by atoms with van der Waals surface area (Å²) in [6, 6.07) is 4.90. The minimum Gasteiger partial charge on any atom is -0.479 e. The van der Waals surface area contributed by atoms with E-state index in [1.165, 1.54) is 11.8 Å². The summed E-state index contributed by atoms with van der Waals surface area (Å²) >= 11 is 0. The summed E-state index contributed by atoms with van der Waals surface area (Å²) in [5, 5.41) is 9.58. The zero-order valence-electron chi connectivity index (χ0n) is 11.5. The highest BCUT2D eigenvalue weighted by molar-refractivity contribution is 5.84. The van der Waals surface area contributed by atoms with Crippen molar-refractivity contribution in [3.05, 3.63) is 34.9 Å². The molecule has 0 saturated heterocycles. The molecule has 1 aromatic rings. The largest absolute Gasteiger partial charge is 0.479 e. The van der Waals surface area contributed by atoms with E-state index in [0.29, 0.717) is 0 Å². The Morgan fingerprint density at radius 1 is 1.26 bits per heavy atom. The second-order valence-corrected chi connectivity index (χ2v) is 5.20. The molecule has 102 valence electrons. The van der Waals surface area contributed by atoms with Crippen molar-refractivity contribution in [2.24, 2.45) is 0 Å². The summed E-state index contributed by atoms with van der Waals surface area (Å²) in [6.45, 7) is 5.23. The zero-order valence-corrected chi connectivity index (χ0v) is 11.5. The minimum atomic E-state index is -0.959. The molecule has 0 radical (unpaired) electrons. The van der Waals surface area contributed by atoms with Crippen LogP contribution in [0.4, 0.5) is 0 Å². The summed E-state index contributed by atoms with van der Waals surface area (Å²) < 4.78 is 0. The summed E-state index contributed by atoms with van der Waals surface area (Å²) in [5.41, 5.74) is 2.58. The molecule has 1 atom stereocenters. The monoisotopic (exact) mass is 261 g/mol. The lowest BCUT2D eigenvalue weighted by molar-refractivity contribution is -0.150. The van der Waals surface area contributed by atoms with Crippen LogP contribution in [0.1, 0.15) is 42.5 Å². The Labute approximate surface area is 113 Å². The number of carbonyl (C=O) groups excluding carboxylic acids is 1. The van der Waals surface area contributed by atoms with Crippen molar-refractivity contribution < 1.29 is 14.7 Å². The number of hydrogen-bond acceptors (Lipinski definition) is 2. The number of carboxylic acid groups (broad SMARTS) is 1. The number of carbonyl (C=O) groups is 2. The Hall–Kier alpha value is -1.84. The first-order valence-electron chi connectivity index (χ1n) is 6.51. The first-order valence-corrected chi connectivity index (χ1v) is 6.51. The normalized spacial score (nSPS) is 15.9. The van der Waals surface area contributed by atoms with Gasteiger partial charge in [-0.25, -0.2) is 4.79 Å². The van der Waals surface area contributed by atoms with Gasteiger partial charge < -0.3 is 10.0 Å². The lowest BCUT2D eigenvalue weighted by atomic mass is 9.94. The fraction of sp³-hybridized carbons (Fsp3) is 0.467. The van der Waals surface area contributed by atoms with Gasteiger partial charge in [0, 0.05) is 13.0 Å². The average Bonchev–Trinajstić information content (AvgIpc) is 3.10. The fourth-order valence-electron chi connectivity index (χ4n) is 2.64. The zero-order chi connectivity index (χ0) is 14.2. The van der Waals surface area contributed by atoms with Crippen molar-refractivity contribution in [2.45, 2.75) is 45.7 Å². The van der Waals surface area contributed by atoms with Crippen LogP contribution in [0.5, 0.6) is 0 Å². The number of carboxylic acids is 1. The number of hydrogen-bond donors (Lipinski definition) is 1. The lowest BCUT2D eigenvalue weighted by Crippen LogP contribution is -2.40. The standard InChI is InChI=1S/C15H19NO3/c1-9-5-4-6-10(2)13(9)14(15(18)19)16(11(3)17)12-7-8-12/h4-6,12,14H,7-8H2,1-3H3,(H,18,19). The first kappa shape index (κ1) is 13.6. The molecule has 0 aliphatic heterocycles. The van der Waals surface area contributed by atoms with Gasteiger partial charge in [-0.1, -0.05) is 18.2 Å². The van der Waals surface area contributed by atoms with Gasteiger partial charge in [0.25, 0.3) is 0 Å². The van der Waals surface area contributed by atoms with Crippen LogP contribution in [-0.2, 0) is 9.59 Å². The molecule has 0 bridgehead atoms. The maximum atomic E-state index is 11.8. The van der Waals surface area contributed by atoms with Gasteiger partial charge in [0.2, 0.25) is 5.91 Å². The van der Waals surface area contributed by atoms with Crippen LogP contribution in [0.2, 0.25) is 0 Å². The predicted molar refractivity (Wildman–Crippen MR) is 71.8 cm³/mol. The smallest absolute Gasteiger partial charge is 0.331 e. The first-order chi connectivity index (χ1) is 8.93. The van der Waals surface area contributed by atoms with E-state index in [0.717, 1.165) is 29.5 Å². The van der Waals surface area contributed by atoms with Gasteiger partial charge in [-0.2, -0.15) is 0 Å². The Morgan fingerprint density at radius 2 is 1.79 bits per heavy atom. The number of amides is 1. The van der Waals surface area contributed by atoms with Gasteiger partial charge >= 0.3 is 5.97 Å². The van der Waals surface area contributed by atoms with E-state index in [9.17, 15) is 14.7 Å². The van der Waals surface area contributed by atoms with Crippen molar-refractivity contribution in [3.63, 3.8) is 0 Å². The van der Waals surface area contributed by atoms with Gasteiger partial charge in [0.15, 0.2) is 6.04 Å². The summed E-state index contributed by atoms with van der Waals surface area (Å²) in [6.07, 6.45) is 1.79. The summed E-state index contributed by atoms with van der Waals surface area (Å²) in [7, 11) is 0. The molecule has 0 aromatic heterocycles. The van der Waals surface area contributed by atoms with Crippen molar-refractivity contribution in [1.82, 2.24) is 4.90 Å². The summed E-state index contributed by atoms with van der Waals surface area (Å²) in [4.78, 5) is 25.0. The van der Waals surface area contributed by atoms with Gasteiger partial charge in [0.05, 0.1) is 0 Å². The average molecular weight is 261 g/mol. The molecule has 1 saturated carbocycles. The van der Waals surface area contributed by atoms with E-state index in [4.69, 9.17) is 0 Å². The minimum absolute atomic E-state index is 0.0811. The molecule has 0 spiro atoms. The summed E-state index contributed by atoms with van der Waals surface area (Å²) in [5.74, 6) is -1.13. The predicted octanol–water partition coefficient (Wildman–Crippen LogP) is 2.44. The van der Waals surface area contributed by atoms with Crippen molar-refractivity contribution in [3.8, 4) is 0 Å². The molecular formula is C15H19NO3. The molecule has 1 amide bonds. The van der Waals surface area contributed by atoms with E-state index < -0.39 is 12.0 Å². The van der Waals surface area contributed by atoms with Gasteiger partial charge in [-0.05, 0) is 43.4 Å². The molecule has 1 N–H and O–H groups in total. The lowest BCUT2D eigenvalue weighted by Gasteiger charge is -2.30. The third-order valence-corrected chi connectivity index (χ3v) is 3.63. The Morgan fingerprint density at radius 3 is 2.16 bits per heavy atom. The molecule has 2 rings (SSSR count).